The van der Waals surface area contributed by atoms with Crippen LogP contribution in [0.15, 0.2) is 18.2 Å². The van der Waals surface area contributed by atoms with Gasteiger partial charge in [0.05, 0.1) is 6.54 Å². The second-order valence-electron chi connectivity index (χ2n) is 7.46. The molecule has 2 bridgehead atoms. The average molecular weight is 347 g/mol. The third kappa shape index (κ3) is 4.30. The molecule has 3 amide bonds. The van der Waals surface area contributed by atoms with E-state index in [9.17, 15) is 14.0 Å². The molecule has 0 aliphatic heterocycles. The smallest absolute Gasteiger partial charge is 0.315 e. The summed E-state index contributed by atoms with van der Waals surface area (Å²) in [5.74, 6) is 1.33. The van der Waals surface area contributed by atoms with Crippen molar-refractivity contribution in [2.45, 2.75) is 45.6 Å². The van der Waals surface area contributed by atoms with E-state index in [0.29, 0.717) is 11.6 Å². The van der Waals surface area contributed by atoms with Crippen molar-refractivity contribution >= 4 is 17.6 Å². The van der Waals surface area contributed by atoms with Gasteiger partial charge in [0.1, 0.15) is 5.82 Å². The van der Waals surface area contributed by atoms with Crippen LogP contribution in [0.2, 0.25) is 0 Å². The van der Waals surface area contributed by atoms with Gasteiger partial charge in [0.15, 0.2) is 0 Å². The van der Waals surface area contributed by atoms with Gasteiger partial charge in [0, 0.05) is 11.7 Å². The fraction of sp³-hybridized carbons (Fsp3) is 0.579. The lowest BCUT2D eigenvalue weighted by atomic mass is 9.84. The molecule has 2 saturated carbocycles. The lowest BCUT2D eigenvalue weighted by Crippen LogP contribution is -2.47. The minimum atomic E-state index is -0.411. The molecule has 2 aliphatic carbocycles. The molecule has 3 rings (SSSR count). The van der Waals surface area contributed by atoms with Crippen LogP contribution in [0.1, 0.15) is 38.2 Å². The number of urea groups is 1. The maximum absolute atomic E-state index is 13.2. The highest BCUT2D eigenvalue weighted by atomic mass is 19.1. The van der Waals surface area contributed by atoms with Crippen LogP contribution in [-0.2, 0) is 4.79 Å². The Morgan fingerprint density at radius 2 is 2.08 bits per heavy atom. The molecule has 3 N–H and O–H groups in total. The van der Waals surface area contributed by atoms with Crippen LogP contribution in [-0.4, -0.2) is 24.5 Å². The molecule has 0 aromatic heterocycles. The topological polar surface area (TPSA) is 70.2 Å². The molecule has 0 heterocycles. The van der Waals surface area contributed by atoms with E-state index in [1.807, 2.05) is 6.92 Å². The number of aryl methyl sites for hydroxylation is 1. The highest BCUT2D eigenvalue weighted by Gasteiger charge is 2.42. The molecular weight excluding hydrogens is 321 g/mol. The van der Waals surface area contributed by atoms with E-state index >= 15 is 0 Å². The summed E-state index contributed by atoms with van der Waals surface area (Å²) in [6.45, 7) is 3.68. The van der Waals surface area contributed by atoms with Crippen molar-refractivity contribution in [3.05, 3.63) is 29.6 Å². The number of nitrogens with one attached hydrogen (secondary N) is 3. The first-order chi connectivity index (χ1) is 11.9. The van der Waals surface area contributed by atoms with Crippen molar-refractivity contribution in [3.63, 3.8) is 0 Å². The Kier molecular flexibility index (Phi) is 5.25. The molecule has 0 unspecified atom stereocenters. The quantitative estimate of drug-likeness (QED) is 0.765. The minimum Gasteiger partial charge on any atom is -0.335 e. The van der Waals surface area contributed by atoms with Crippen LogP contribution < -0.4 is 16.0 Å². The summed E-state index contributed by atoms with van der Waals surface area (Å²) in [4.78, 5) is 24.0. The van der Waals surface area contributed by atoms with Crippen molar-refractivity contribution in [2.75, 3.05) is 11.9 Å². The van der Waals surface area contributed by atoms with Crippen LogP contribution in [0.5, 0.6) is 0 Å². The number of benzene rings is 1. The predicted molar refractivity (Wildman–Crippen MR) is 94.7 cm³/mol. The number of fused-ring (bicyclic) bond motifs is 2. The second-order valence-corrected chi connectivity index (χ2v) is 7.46. The van der Waals surface area contributed by atoms with E-state index in [1.54, 1.807) is 13.0 Å². The average Bonchev–Trinajstić information content (AvgIpc) is 3.19. The maximum atomic E-state index is 13.2. The fourth-order valence-corrected chi connectivity index (χ4v) is 4.35. The molecular formula is C19H26FN3O2. The van der Waals surface area contributed by atoms with Crippen LogP contribution in [0.3, 0.4) is 0 Å². The molecule has 5 nitrogen and oxygen atoms in total. The van der Waals surface area contributed by atoms with E-state index in [-0.39, 0.29) is 24.5 Å². The van der Waals surface area contributed by atoms with Crippen molar-refractivity contribution in [3.8, 4) is 0 Å². The lowest BCUT2D eigenvalue weighted by Gasteiger charge is -2.28. The summed E-state index contributed by atoms with van der Waals surface area (Å²) in [5, 5.41) is 8.15. The zero-order chi connectivity index (χ0) is 18.0. The standard InChI is InChI=1S/C19H26FN3O2/c1-11-3-6-15(20)9-17(11)23-18(24)10-21-19(25)22-12(2)16-8-13-4-5-14(16)7-13/h3,6,9,12-14,16H,4-5,7-8,10H2,1-2H3,(H,23,24)(H2,21,22,25)/t12-,13-,14-,16-/m0/s1. The number of hydrogen-bond donors (Lipinski definition) is 3. The highest BCUT2D eigenvalue weighted by Crippen LogP contribution is 2.49. The molecule has 1 aromatic rings. The van der Waals surface area contributed by atoms with Gasteiger partial charge in [0.2, 0.25) is 5.91 Å². The molecule has 0 radical (unpaired) electrons. The Hall–Kier alpha value is -2.11. The van der Waals surface area contributed by atoms with Crippen LogP contribution in [0.25, 0.3) is 0 Å². The van der Waals surface area contributed by atoms with E-state index in [4.69, 9.17) is 0 Å². The van der Waals surface area contributed by atoms with Gasteiger partial charge in [-0.3, -0.25) is 4.79 Å². The van der Waals surface area contributed by atoms with Crippen LogP contribution >= 0.6 is 0 Å². The first-order valence-corrected chi connectivity index (χ1v) is 9.02. The fourth-order valence-electron chi connectivity index (χ4n) is 4.35. The largest absolute Gasteiger partial charge is 0.335 e. The Balaban J connectivity index is 1.42. The van der Waals surface area contributed by atoms with E-state index in [1.165, 1.54) is 37.8 Å². The number of halogens is 1. The van der Waals surface area contributed by atoms with Crippen molar-refractivity contribution in [2.24, 2.45) is 17.8 Å². The molecule has 1 aromatic carbocycles. The first kappa shape index (κ1) is 17.7. The van der Waals surface area contributed by atoms with Crippen molar-refractivity contribution in [1.29, 1.82) is 0 Å². The van der Waals surface area contributed by atoms with E-state index in [0.717, 1.165) is 17.4 Å². The lowest BCUT2D eigenvalue weighted by molar-refractivity contribution is -0.115. The van der Waals surface area contributed by atoms with E-state index in [2.05, 4.69) is 16.0 Å². The summed E-state index contributed by atoms with van der Waals surface area (Å²) in [7, 11) is 0. The number of carbonyl (C=O) groups excluding carboxylic acids is 2. The molecule has 2 fully saturated rings. The van der Waals surface area contributed by atoms with Gasteiger partial charge in [-0.15, -0.1) is 0 Å². The number of carbonyl (C=O) groups is 2. The van der Waals surface area contributed by atoms with Crippen molar-refractivity contribution in [1.82, 2.24) is 10.6 Å². The normalized spacial score (nSPS) is 25.5. The summed E-state index contributed by atoms with van der Waals surface area (Å²) in [6, 6.07) is 3.99. The van der Waals surface area contributed by atoms with Crippen LogP contribution in [0.4, 0.5) is 14.9 Å². The van der Waals surface area contributed by atoms with Crippen LogP contribution in [0, 0.1) is 30.5 Å². The first-order valence-electron chi connectivity index (χ1n) is 9.02. The highest BCUT2D eigenvalue weighted by molar-refractivity contribution is 5.94. The summed E-state index contributed by atoms with van der Waals surface area (Å²) in [6.07, 6.45) is 5.11. The molecule has 2 aliphatic rings. The third-order valence-electron chi connectivity index (χ3n) is 5.68. The number of hydrogen-bond acceptors (Lipinski definition) is 2. The Morgan fingerprint density at radius 3 is 2.76 bits per heavy atom. The van der Waals surface area contributed by atoms with Gasteiger partial charge in [-0.25, -0.2) is 9.18 Å². The number of rotatable bonds is 5. The van der Waals surface area contributed by atoms with Gasteiger partial charge in [0.25, 0.3) is 0 Å². The second kappa shape index (κ2) is 7.42. The molecule has 0 saturated heterocycles. The molecule has 0 spiro atoms. The van der Waals surface area contributed by atoms with E-state index < -0.39 is 5.82 Å². The Bertz CT molecular complexity index is 664. The summed E-state index contributed by atoms with van der Waals surface area (Å²) < 4.78 is 13.2. The Labute approximate surface area is 147 Å². The number of amides is 3. The zero-order valence-electron chi connectivity index (χ0n) is 14.8. The molecule has 4 atom stereocenters. The van der Waals surface area contributed by atoms with Gasteiger partial charge < -0.3 is 16.0 Å². The molecule has 25 heavy (non-hydrogen) atoms. The minimum absolute atomic E-state index is 0.115. The molecule has 6 heteroatoms. The third-order valence-corrected chi connectivity index (χ3v) is 5.68. The number of anilines is 1. The summed E-state index contributed by atoms with van der Waals surface area (Å²) >= 11 is 0. The van der Waals surface area contributed by atoms with Gasteiger partial charge in [-0.1, -0.05) is 12.5 Å². The SMILES string of the molecule is Cc1ccc(F)cc1NC(=O)CNC(=O)N[C@@H](C)[C@@H]1C[C@H]2CC[C@H]1C2. The molecule has 136 valence electrons. The van der Waals surface area contributed by atoms with Gasteiger partial charge >= 0.3 is 6.03 Å². The Morgan fingerprint density at radius 1 is 1.28 bits per heavy atom. The van der Waals surface area contributed by atoms with Gasteiger partial charge in [-0.05, 0) is 68.6 Å². The summed E-state index contributed by atoms with van der Waals surface area (Å²) in [5.41, 5.74) is 1.19. The monoisotopic (exact) mass is 347 g/mol. The van der Waals surface area contributed by atoms with Gasteiger partial charge in [-0.2, -0.15) is 0 Å². The predicted octanol–water partition coefficient (Wildman–Crippen LogP) is 3.20. The maximum Gasteiger partial charge on any atom is 0.315 e. The van der Waals surface area contributed by atoms with Crippen molar-refractivity contribution < 1.29 is 14.0 Å². The zero-order valence-corrected chi connectivity index (χ0v) is 14.8.